The summed E-state index contributed by atoms with van der Waals surface area (Å²) in [5.41, 5.74) is 7.70. The number of likely N-dealkylation sites (N-methyl/N-ethyl adjacent to an activating group) is 1. The summed E-state index contributed by atoms with van der Waals surface area (Å²) < 4.78 is 4.95. The second kappa shape index (κ2) is 7.16. The summed E-state index contributed by atoms with van der Waals surface area (Å²) in [5.74, 6) is 0. The van der Waals surface area contributed by atoms with Crippen LogP contribution in [-0.4, -0.2) is 49.0 Å². The Kier molecular flexibility index (Phi) is 5.77. The van der Waals surface area contributed by atoms with E-state index in [4.69, 9.17) is 10.5 Å². The zero-order valence-electron chi connectivity index (χ0n) is 9.94. The maximum Gasteiger partial charge on any atom is 0.0647 e. The minimum absolute atomic E-state index is 0.608. The van der Waals surface area contributed by atoms with E-state index >= 15 is 0 Å². The van der Waals surface area contributed by atoms with E-state index in [0.29, 0.717) is 13.2 Å². The number of hydrogen-bond acceptors (Lipinski definition) is 4. The van der Waals surface area contributed by atoms with Crippen LogP contribution in [-0.2, 0) is 11.3 Å². The molecule has 0 unspecified atom stereocenters. The molecule has 0 fully saturated rings. The molecule has 1 heterocycles. The number of nitrogens with two attached hydrogens (primary N) is 1. The van der Waals surface area contributed by atoms with Crippen LogP contribution in [0.1, 0.15) is 11.3 Å². The highest BCUT2D eigenvalue weighted by Gasteiger charge is 2.04. The van der Waals surface area contributed by atoms with Gasteiger partial charge in [0.2, 0.25) is 0 Å². The minimum atomic E-state index is 0.608. The van der Waals surface area contributed by atoms with Gasteiger partial charge in [-0.05, 0) is 13.1 Å². The summed E-state index contributed by atoms with van der Waals surface area (Å²) in [7, 11) is 3.72. The van der Waals surface area contributed by atoms with Crippen LogP contribution < -0.4 is 5.73 Å². The summed E-state index contributed by atoms with van der Waals surface area (Å²) >= 11 is 0. The third-order valence-electron chi connectivity index (χ3n) is 2.25. The quantitative estimate of drug-likeness (QED) is 0.706. The SMILES string of the molecule is COC/C=C/c1[nH]ncc1CN(C)CCN. The van der Waals surface area contributed by atoms with E-state index in [1.807, 2.05) is 25.4 Å². The van der Waals surface area contributed by atoms with Crippen LogP contribution in [0.2, 0.25) is 0 Å². The molecule has 5 heteroatoms. The second-order valence-corrected chi connectivity index (χ2v) is 3.69. The third-order valence-corrected chi connectivity index (χ3v) is 2.25. The largest absolute Gasteiger partial charge is 0.381 e. The average Bonchev–Trinajstić information content (AvgIpc) is 2.66. The molecule has 0 aliphatic rings. The van der Waals surface area contributed by atoms with Gasteiger partial charge in [-0.3, -0.25) is 5.10 Å². The summed E-state index contributed by atoms with van der Waals surface area (Å²) in [6.45, 7) is 3.01. The third kappa shape index (κ3) is 4.14. The highest BCUT2D eigenvalue weighted by atomic mass is 16.5. The average molecular weight is 224 g/mol. The predicted octanol–water partition coefficient (Wildman–Crippen LogP) is 0.460. The van der Waals surface area contributed by atoms with Crippen molar-refractivity contribution in [1.82, 2.24) is 15.1 Å². The van der Waals surface area contributed by atoms with Gasteiger partial charge in [-0.1, -0.05) is 6.08 Å². The lowest BCUT2D eigenvalue weighted by molar-refractivity contribution is 0.234. The van der Waals surface area contributed by atoms with E-state index < -0.39 is 0 Å². The van der Waals surface area contributed by atoms with Gasteiger partial charge < -0.3 is 15.4 Å². The van der Waals surface area contributed by atoms with Gasteiger partial charge in [0.15, 0.2) is 0 Å². The topological polar surface area (TPSA) is 67.2 Å². The molecule has 0 radical (unpaired) electrons. The Morgan fingerprint density at radius 1 is 1.62 bits per heavy atom. The fraction of sp³-hybridized carbons (Fsp3) is 0.545. The van der Waals surface area contributed by atoms with Crippen molar-refractivity contribution in [1.29, 1.82) is 0 Å². The highest BCUT2D eigenvalue weighted by molar-refractivity contribution is 5.48. The minimum Gasteiger partial charge on any atom is -0.381 e. The standard InChI is InChI=1S/C11H20N4O/c1-15(6-5-12)9-10-8-13-14-11(10)4-3-7-16-2/h3-4,8H,5-7,9,12H2,1-2H3,(H,13,14)/b4-3+. The molecule has 0 amide bonds. The number of nitrogens with one attached hydrogen (secondary N) is 1. The van der Waals surface area contributed by atoms with Crippen LogP contribution in [0.5, 0.6) is 0 Å². The lowest BCUT2D eigenvalue weighted by Gasteiger charge is -2.14. The van der Waals surface area contributed by atoms with Crippen LogP contribution in [0.25, 0.3) is 6.08 Å². The Bertz CT molecular complexity index is 322. The molecule has 0 saturated carbocycles. The van der Waals surface area contributed by atoms with Gasteiger partial charge in [-0.15, -0.1) is 0 Å². The van der Waals surface area contributed by atoms with E-state index in [9.17, 15) is 0 Å². The molecule has 5 nitrogen and oxygen atoms in total. The van der Waals surface area contributed by atoms with Gasteiger partial charge in [-0.25, -0.2) is 0 Å². The first-order chi connectivity index (χ1) is 7.77. The molecule has 0 spiro atoms. The van der Waals surface area contributed by atoms with Crippen LogP contribution in [0.4, 0.5) is 0 Å². The smallest absolute Gasteiger partial charge is 0.0647 e. The van der Waals surface area contributed by atoms with E-state index in [1.165, 1.54) is 5.56 Å². The molecular weight excluding hydrogens is 204 g/mol. The zero-order valence-corrected chi connectivity index (χ0v) is 9.94. The van der Waals surface area contributed by atoms with E-state index in [2.05, 4.69) is 15.1 Å². The molecule has 1 aromatic rings. The first-order valence-corrected chi connectivity index (χ1v) is 5.34. The number of nitrogens with zero attached hydrogens (tertiary/aromatic N) is 2. The number of aromatic nitrogens is 2. The maximum absolute atomic E-state index is 5.50. The first kappa shape index (κ1) is 12.9. The Morgan fingerprint density at radius 2 is 2.44 bits per heavy atom. The van der Waals surface area contributed by atoms with E-state index in [-0.39, 0.29) is 0 Å². The van der Waals surface area contributed by atoms with Crippen LogP contribution >= 0.6 is 0 Å². The number of ether oxygens (including phenoxy) is 1. The lowest BCUT2D eigenvalue weighted by atomic mass is 10.2. The Balaban J connectivity index is 2.56. The van der Waals surface area contributed by atoms with Gasteiger partial charge >= 0.3 is 0 Å². The number of methoxy groups -OCH3 is 1. The van der Waals surface area contributed by atoms with Crippen molar-refractivity contribution < 1.29 is 4.74 Å². The van der Waals surface area contributed by atoms with Gasteiger partial charge in [-0.2, -0.15) is 5.10 Å². The summed E-state index contributed by atoms with van der Waals surface area (Å²) in [6, 6.07) is 0. The molecule has 3 N–H and O–H groups in total. The summed E-state index contributed by atoms with van der Waals surface area (Å²) in [4.78, 5) is 2.17. The molecule has 90 valence electrons. The highest BCUT2D eigenvalue weighted by Crippen LogP contribution is 2.09. The van der Waals surface area contributed by atoms with Crippen LogP contribution in [0.15, 0.2) is 12.3 Å². The van der Waals surface area contributed by atoms with Crippen molar-refractivity contribution >= 4 is 6.08 Å². The lowest BCUT2D eigenvalue weighted by Crippen LogP contribution is -2.25. The molecule has 16 heavy (non-hydrogen) atoms. The summed E-state index contributed by atoms with van der Waals surface area (Å²) in [6.07, 6.45) is 5.79. The molecule has 1 aromatic heterocycles. The molecule has 0 aliphatic heterocycles. The monoisotopic (exact) mass is 224 g/mol. The van der Waals surface area contributed by atoms with Crippen molar-refractivity contribution in [2.75, 3.05) is 33.9 Å². The summed E-state index contributed by atoms with van der Waals surface area (Å²) in [5, 5.41) is 7.00. The zero-order chi connectivity index (χ0) is 11.8. The van der Waals surface area contributed by atoms with Gasteiger partial charge in [0.1, 0.15) is 0 Å². The Labute approximate surface area is 96.3 Å². The fourth-order valence-electron chi connectivity index (χ4n) is 1.44. The molecule has 1 rings (SSSR count). The van der Waals surface area contributed by atoms with Crippen molar-refractivity contribution in [2.24, 2.45) is 5.73 Å². The molecule has 0 saturated heterocycles. The van der Waals surface area contributed by atoms with Gasteiger partial charge in [0.25, 0.3) is 0 Å². The molecular formula is C11H20N4O. The van der Waals surface area contributed by atoms with Crippen molar-refractivity contribution in [2.45, 2.75) is 6.54 Å². The van der Waals surface area contributed by atoms with Crippen LogP contribution in [0, 0.1) is 0 Å². The van der Waals surface area contributed by atoms with Gasteiger partial charge in [0, 0.05) is 32.3 Å². The van der Waals surface area contributed by atoms with E-state index in [1.54, 1.807) is 7.11 Å². The normalized spacial score (nSPS) is 11.8. The maximum atomic E-state index is 5.50. The number of H-pyrrole nitrogens is 1. The number of hydrogen-bond donors (Lipinski definition) is 2. The second-order valence-electron chi connectivity index (χ2n) is 3.69. The molecule has 0 aromatic carbocycles. The molecule has 0 bridgehead atoms. The van der Waals surface area contributed by atoms with Crippen LogP contribution in [0.3, 0.4) is 0 Å². The molecule has 0 aliphatic carbocycles. The van der Waals surface area contributed by atoms with Crippen molar-refractivity contribution in [3.63, 3.8) is 0 Å². The van der Waals surface area contributed by atoms with Crippen molar-refractivity contribution in [3.8, 4) is 0 Å². The fourth-order valence-corrected chi connectivity index (χ4v) is 1.44. The molecule has 0 atom stereocenters. The Morgan fingerprint density at radius 3 is 3.12 bits per heavy atom. The van der Waals surface area contributed by atoms with E-state index in [0.717, 1.165) is 18.8 Å². The predicted molar refractivity (Wildman–Crippen MR) is 64.9 cm³/mol. The number of rotatable bonds is 7. The van der Waals surface area contributed by atoms with Gasteiger partial charge in [0.05, 0.1) is 18.5 Å². The number of aromatic amines is 1. The first-order valence-electron chi connectivity index (χ1n) is 5.34. The van der Waals surface area contributed by atoms with Crippen molar-refractivity contribution in [3.05, 3.63) is 23.5 Å². The Hall–Kier alpha value is -1.17.